The Balaban J connectivity index is 1.83. The number of anilines is 1. The fourth-order valence-electron chi connectivity index (χ4n) is 2.22. The van der Waals surface area contributed by atoms with Crippen molar-refractivity contribution >= 4 is 11.9 Å². The average molecular weight is 248 g/mol. The van der Waals surface area contributed by atoms with E-state index in [4.69, 9.17) is 0 Å². The molecule has 2 heterocycles. The summed E-state index contributed by atoms with van der Waals surface area (Å²) in [7, 11) is 3.63. The van der Waals surface area contributed by atoms with E-state index in [9.17, 15) is 4.79 Å². The first-order valence-electron chi connectivity index (χ1n) is 6.39. The van der Waals surface area contributed by atoms with Crippen LogP contribution in [-0.2, 0) is 4.79 Å². The third kappa shape index (κ3) is 3.18. The Morgan fingerprint density at radius 1 is 1.33 bits per heavy atom. The van der Waals surface area contributed by atoms with Crippen molar-refractivity contribution in [3.8, 4) is 0 Å². The van der Waals surface area contributed by atoms with Gasteiger partial charge in [0.2, 0.25) is 11.9 Å². The predicted molar refractivity (Wildman–Crippen MR) is 70.3 cm³/mol. The van der Waals surface area contributed by atoms with Gasteiger partial charge in [0.1, 0.15) is 0 Å². The van der Waals surface area contributed by atoms with Gasteiger partial charge >= 0.3 is 0 Å². The van der Waals surface area contributed by atoms with Crippen LogP contribution in [0.1, 0.15) is 19.3 Å². The lowest BCUT2D eigenvalue weighted by Crippen LogP contribution is -2.36. The largest absolute Gasteiger partial charge is 0.349 e. The molecule has 1 aromatic rings. The minimum atomic E-state index is 0.226. The van der Waals surface area contributed by atoms with E-state index < -0.39 is 0 Å². The van der Waals surface area contributed by atoms with E-state index in [-0.39, 0.29) is 5.91 Å². The lowest BCUT2D eigenvalue weighted by atomic mass is 9.93. The fraction of sp³-hybridized carbons (Fsp3) is 0.615. The number of carbonyl (C=O) groups excluding carboxylic acids is 1. The molecule has 0 aromatic carbocycles. The molecule has 5 heteroatoms. The van der Waals surface area contributed by atoms with E-state index in [0.717, 1.165) is 31.9 Å². The Morgan fingerprint density at radius 3 is 2.50 bits per heavy atom. The zero-order valence-corrected chi connectivity index (χ0v) is 11.0. The van der Waals surface area contributed by atoms with Gasteiger partial charge in [0.05, 0.1) is 0 Å². The standard InChI is InChI=1S/C13H20N4O/c1-16(2)12(18)10-11-4-8-17(9-5-11)13-14-6-3-7-15-13/h3,6-7,11H,4-5,8-10H2,1-2H3. The van der Waals surface area contributed by atoms with Crippen molar-refractivity contribution in [1.29, 1.82) is 0 Å². The van der Waals surface area contributed by atoms with Crippen LogP contribution in [-0.4, -0.2) is 48.0 Å². The molecule has 98 valence electrons. The van der Waals surface area contributed by atoms with E-state index in [1.54, 1.807) is 17.3 Å². The maximum atomic E-state index is 11.7. The van der Waals surface area contributed by atoms with Gasteiger partial charge in [-0.2, -0.15) is 0 Å². The van der Waals surface area contributed by atoms with Crippen molar-refractivity contribution in [2.24, 2.45) is 5.92 Å². The summed E-state index contributed by atoms with van der Waals surface area (Å²) in [5.41, 5.74) is 0. The number of nitrogens with zero attached hydrogens (tertiary/aromatic N) is 4. The molecule has 0 N–H and O–H groups in total. The highest BCUT2D eigenvalue weighted by atomic mass is 16.2. The molecule has 0 radical (unpaired) electrons. The van der Waals surface area contributed by atoms with Crippen LogP contribution in [0.4, 0.5) is 5.95 Å². The van der Waals surface area contributed by atoms with Gasteiger partial charge in [0, 0.05) is 46.0 Å². The Labute approximate surface area is 108 Å². The monoisotopic (exact) mass is 248 g/mol. The lowest BCUT2D eigenvalue weighted by molar-refractivity contribution is -0.129. The van der Waals surface area contributed by atoms with Gasteiger partial charge in [-0.1, -0.05) is 0 Å². The van der Waals surface area contributed by atoms with Crippen LogP contribution < -0.4 is 4.90 Å². The van der Waals surface area contributed by atoms with E-state index in [1.165, 1.54) is 0 Å². The van der Waals surface area contributed by atoms with Gasteiger partial charge in [-0.3, -0.25) is 4.79 Å². The summed E-state index contributed by atoms with van der Waals surface area (Å²) < 4.78 is 0. The molecule has 0 atom stereocenters. The van der Waals surface area contributed by atoms with Gasteiger partial charge in [-0.25, -0.2) is 9.97 Å². The number of aromatic nitrogens is 2. The zero-order valence-electron chi connectivity index (χ0n) is 11.0. The molecule has 18 heavy (non-hydrogen) atoms. The molecule has 2 rings (SSSR count). The number of amides is 1. The minimum Gasteiger partial charge on any atom is -0.349 e. The first-order valence-corrected chi connectivity index (χ1v) is 6.39. The normalized spacial score (nSPS) is 16.7. The molecule has 1 saturated heterocycles. The second kappa shape index (κ2) is 5.80. The Kier molecular flexibility index (Phi) is 4.12. The highest BCUT2D eigenvalue weighted by Gasteiger charge is 2.23. The summed E-state index contributed by atoms with van der Waals surface area (Å²) >= 11 is 0. The van der Waals surface area contributed by atoms with Crippen molar-refractivity contribution in [2.45, 2.75) is 19.3 Å². The van der Waals surface area contributed by atoms with Crippen molar-refractivity contribution in [3.05, 3.63) is 18.5 Å². The van der Waals surface area contributed by atoms with Crippen molar-refractivity contribution in [2.75, 3.05) is 32.1 Å². The molecule has 0 bridgehead atoms. The second-order valence-corrected chi connectivity index (χ2v) is 4.97. The summed E-state index contributed by atoms with van der Waals surface area (Å²) in [6.45, 7) is 1.88. The van der Waals surface area contributed by atoms with Gasteiger partial charge < -0.3 is 9.80 Å². The summed E-state index contributed by atoms with van der Waals surface area (Å²) in [6, 6.07) is 1.83. The van der Waals surface area contributed by atoms with E-state index in [0.29, 0.717) is 12.3 Å². The fourth-order valence-corrected chi connectivity index (χ4v) is 2.22. The Bertz CT molecular complexity index is 385. The van der Waals surface area contributed by atoms with E-state index in [1.807, 2.05) is 20.2 Å². The van der Waals surface area contributed by atoms with Crippen LogP contribution >= 0.6 is 0 Å². The quantitative estimate of drug-likeness (QED) is 0.805. The van der Waals surface area contributed by atoms with Gasteiger partial charge in [0.25, 0.3) is 0 Å². The predicted octanol–water partition coefficient (Wildman–Crippen LogP) is 1.17. The molecule has 0 saturated carbocycles. The number of hydrogen-bond donors (Lipinski definition) is 0. The highest BCUT2D eigenvalue weighted by Crippen LogP contribution is 2.23. The van der Waals surface area contributed by atoms with Crippen LogP contribution in [0, 0.1) is 5.92 Å². The average Bonchev–Trinajstić information content (AvgIpc) is 2.40. The summed E-state index contributed by atoms with van der Waals surface area (Å²) in [5.74, 6) is 1.53. The smallest absolute Gasteiger partial charge is 0.225 e. The van der Waals surface area contributed by atoms with Crippen LogP contribution in [0.3, 0.4) is 0 Å². The molecule has 1 aromatic heterocycles. The number of rotatable bonds is 3. The Morgan fingerprint density at radius 2 is 1.94 bits per heavy atom. The van der Waals surface area contributed by atoms with Gasteiger partial charge in [-0.15, -0.1) is 0 Å². The third-order valence-corrected chi connectivity index (χ3v) is 3.41. The number of hydrogen-bond acceptors (Lipinski definition) is 4. The molecule has 0 aliphatic carbocycles. The molecule has 0 spiro atoms. The summed E-state index contributed by atoms with van der Waals surface area (Å²) in [5, 5.41) is 0. The summed E-state index contributed by atoms with van der Waals surface area (Å²) in [6.07, 6.45) is 6.28. The van der Waals surface area contributed by atoms with Crippen LogP contribution in [0.25, 0.3) is 0 Å². The van der Waals surface area contributed by atoms with E-state index >= 15 is 0 Å². The maximum Gasteiger partial charge on any atom is 0.225 e. The second-order valence-electron chi connectivity index (χ2n) is 4.97. The maximum absolute atomic E-state index is 11.7. The van der Waals surface area contributed by atoms with Crippen LogP contribution in [0.2, 0.25) is 0 Å². The summed E-state index contributed by atoms with van der Waals surface area (Å²) in [4.78, 5) is 24.0. The first-order chi connectivity index (χ1) is 8.66. The zero-order chi connectivity index (χ0) is 13.0. The SMILES string of the molecule is CN(C)C(=O)CC1CCN(c2ncccn2)CC1. The minimum absolute atomic E-state index is 0.226. The Hall–Kier alpha value is -1.65. The number of piperidine rings is 1. The van der Waals surface area contributed by atoms with Crippen molar-refractivity contribution in [1.82, 2.24) is 14.9 Å². The topological polar surface area (TPSA) is 49.3 Å². The molecule has 0 unspecified atom stereocenters. The van der Waals surface area contributed by atoms with Crippen LogP contribution in [0.5, 0.6) is 0 Å². The molecule has 1 amide bonds. The lowest BCUT2D eigenvalue weighted by Gasteiger charge is -2.32. The first kappa shape index (κ1) is 12.8. The molecule has 1 fully saturated rings. The molecule has 1 aliphatic rings. The molecule has 5 nitrogen and oxygen atoms in total. The van der Waals surface area contributed by atoms with E-state index in [2.05, 4.69) is 14.9 Å². The highest BCUT2D eigenvalue weighted by molar-refractivity contribution is 5.75. The van der Waals surface area contributed by atoms with Crippen molar-refractivity contribution < 1.29 is 4.79 Å². The molecular weight excluding hydrogens is 228 g/mol. The molecular formula is C13H20N4O. The van der Waals surface area contributed by atoms with Crippen molar-refractivity contribution in [3.63, 3.8) is 0 Å². The third-order valence-electron chi connectivity index (χ3n) is 3.41. The van der Waals surface area contributed by atoms with Gasteiger partial charge in [0.15, 0.2) is 0 Å². The number of carbonyl (C=O) groups is 1. The van der Waals surface area contributed by atoms with Crippen LogP contribution in [0.15, 0.2) is 18.5 Å². The molecule has 1 aliphatic heterocycles. The van der Waals surface area contributed by atoms with Gasteiger partial charge in [-0.05, 0) is 24.8 Å².